The minimum atomic E-state index is 0.123. The van der Waals surface area contributed by atoms with Gasteiger partial charge in [-0.25, -0.2) is 0 Å². The van der Waals surface area contributed by atoms with E-state index in [1.54, 1.807) is 4.68 Å². The fourth-order valence-corrected chi connectivity index (χ4v) is 0.911. The summed E-state index contributed by atoms with van der Waals surface area (Å²) in [5, 5.41) is 7.46. The Kier molecular flexibility index (Phi) is 2.93. The first kappa shape index (κ1) is 10.1. The van der Waals surface area contributed by atoms with Crippen molar-refractivity contribution in [1.82, 2.24) is 9.78 Å². The van der Waals surface area contributed by atoms with Crippen LogP contribution in [0, 0.1) is 5.41 Å². The normalized spacial score (nSPS) is 11.7. The number of rotatable bonds is 4. The SMILES string of the molecule is Cn1ccc(NCC(C)(C)CN)n1. The van der Waals surface area contributed by atoms with Crippen LogP contribution in [0.2, 0.25) is 0 Å². The predicted octanol–water partition coefficient (Wildman–Crippen LogP) is 0.817. The monoisotopic (exact) mass is 182 g/mol. The minimum Gasteiger partial charge on any atom is -0.368 e. The van der Waals surface area contributed by atoms with Gasteiger partial charge in [0.2, 0.25) is 0 Å². The average molecular weight is 182 g/mol. The summed E-state index contributed by atoms with van der Waals surface area (Å²) >= 11 is 0. The Morgan fingerprint density at radius 1 is 1.62 bits per heavy atom. The third kappa shape index (κ3) is 3.06. The number of aryl methyl sites for hydroxylation is 1. The van der Waals surface area contributed by atoms with Crippen LogP contribution in [0.4, 0.5) is 5.82 Å². The average Bonchev–Trinajstić information content (AvgIpc) is 2.48. The van der Waals surface area contributed by atoms with E-state index in [2.05, 4.69) is 24.3 Å². The number of nitrogens with one attached hydrogen (secondary N) is 1. The van der Waals surface area contributed by atoms with Gasteiger partial charge < -0.3 is 11.1 Å². The first-order chi connectivity index (χ1) is 6.03. The van der Waals surface area contributed by atoms with Crippen molar-refractivity contribution >= 4 is 5.82 Å². The maximum Gasteiger partial charge on any atom is 0.147 e. The number of hydrogen-bond donors (Lipinski definition) is 2. The minimum absolute atomic E-state index is 0.123. The fourth-order valence-electron chi connectivity index (χ4n) is 0.911. The van der Waals surface area contributed by atoms with Crippen molar-refractivity contribution in [2.24, 2.45) is 18.2 Å². The third-order valence-corrected chi connectivity index (χ3v) is 2.01. The summed E-state index contributed by atoms with van der Waals surface area (Å²) in [5.74, 6) is 0.907. The van der Waals surface area contributed by atoms with Gasteiger partial charge in [-0.05, 0) is 12.0 Å². The molecule has 0 saturated carbocycles. The zero-order valence-corrected chi connectivity index (χ0v) is 8.54. The number of nitrogens with two attached hydrogens (primary N) is 1. The second kappa shape index (κ2) is 3.79. The highest BCUT2D eigenvalue weighted by Crippen LogP contribution is 2.13. The molecule has 0 aromatic carbocycles. The molecule has 0 aliphatic heterocycles. The van der Waals surface area contributed by atoms with E-state index in [0.717, 1.165) is 12.4 Å². The Labute approximate surface area is 79.1 Å². The van der Waals surface area contributed by atoms with E-state index in [1.165, 1.54) is 0 Å². The molecule has 1 rings (SSSR count). The Morgan fingerprint density at radius 3 is 2.77 bits per heavy atom. The van der Waals surface area contributed by atoms with Gasteiger partial charge in [-0.1, -0.05) is 13.8 Å². The summed E-state index contributed by atoms with van der Waals surface area (Å²) in [6, 6.07) is 1.95. The summed E-state index contributed by atoms with van der Waals surface area (Å²) in [5.41, 5.74) is 5.73. The van der Waals surface area contributed by atoms with Crippen molar-refractivity contribution in [1.29, 1.82) is 0 Å². The molecule has 74 valence electrons. The number of nitrogens with zero attached hydrogens (tertiary/aromatic N) is 2. The van der Waals surface area contributed by atoms with Crippen LogP contribution in [0.25, 0.3) is 0 Å². The molecular formula is C9H18N4. The summed E-state index contributed by atoms with van der Waals surface area (Å²) in [4.78, 5) is 0. The van der Waals surface area contributed by atoms with Crippen LogP contribution in [0.3, 0.4) is 0 Å². The number of anilines is 1. The van der Waals surface area contributed by atoms with E-state index in [0.29, 0.717) is 6.54 Å². The van der Waals surface area contributed by atoms with Crippen LogP contribution in [-0.4, -0.2) is 22.9 Å². The van der Waals surface area contributed by atoms with Gasteiger partial charge in [0.25, 0.3) is 0 Å². The summed E-state index contributed by atoms with van der Waals surface area (Å²) < 4.78 is 1.78. The molecule has 0 atom stereocenters. The van der Waals surface area contributed by atoms with Gasteiger partial charge in [-0.15, -0.1) is 0 Å². The summed E-state index contributed by atoms with van der Waals surface area (Å²) in [6.07, 6.45) is 1.91. The van der Waals surface area contributed by atoms with Crippen molar-refractivity contribution in [3.63, 3.8) is 0 Å². The highest BCUT2D eigenvalue weighted by Gasteiger charge is 2.15. The van der Waals surface area contributed by atoms with Gasteiger partial charge in [0.05, 0.1) is 0 Å². The zero-order chi connectivity index (χ0) is 9.90. The van der Waals surface area contributed by atoms with Crippen LogP contribution in [-0.2, 0) is 7.05 Å². The molecule has 0 unspecified atom stereocenters. The molecule has 0 aliphatic carbocycles. The molecule has 4 heteroatoms. The quantitative estimate of drug-likeness (QED) is 0.724. The zero-order valence-electron chi connectivity index (χ0n) is 8.54. The smallest absolute Gasteiger partial charge is 0.147 e. The Morgan fingerprint density at radius 2 is 2.31 bits per heavy atom. The molecule has 0 amide bonds. The van der Waals surface area contributed by atoms with E-state index in [-0.39, 0.29) is 5.41 Å². The molecule has 13 heavy (non-hydrogen) atoms. The lowest BCUT2D eigenvalue weighted by molar-refractivity contribution is 0.405. The van der Waals surface area contributed by atoms with Crippen LogP contribution in [0.1, 0.15) is 13.8 Å². The van der Waals surface area contributed by atoms with Gasteiger partial charge in [-0.2, -0.15) is 5.10 Å². The van der Waals surface area contributed by atoms with Gasteiger partial charge in [0.1, 0.15) is 5.82 Å². The van der Waals surface area contributed by atoms with E-state index in [1.807, 2.05) is 19.3 Å². The van der Waals surface area contributed by atoms with Gasteiger partial charge in [0, 0.05) is 25.9 Å². The highest BCUT2D eigenvalue weighted by atomic mass is 15.3. The molecule has 0 aliphatic rings. The molecule has 0 bridgehead atoms. The maximum atomic E-state index is 5.61. The lowest BCUT2D eigenvalue weighted by Gasteiger charge is -2.22. The fraction of sp³-hybridized carbons (Fsp3) is 0.667. The molecule has 0 radical (unpaired) electrons. The predicted molar refractivity (Wildman–Crippen MR) is 54.5 cm³/mol. The topological polar surface area (TPSA) is 55.9 Å². The molecule has 3 N–H and O–H groups in total. The van der Waals surface area contributed by atoms with E-state index < -0.39 is 0 Å². The second-order valence-corrected chi connectivity index (χ2v) is 4.10. The molecule has 1 aromatic rings. The van der Waals surface area contributed by atoms with Crippen molar-refractivity contribution in [2.75, 3.05) is 18.4 Å². The van der Waals surface area contributed by atoms with Gasteiger partial charge in [0.15, 0.2) is 0 Å². The number of hydrogen-bond acceptors (Lipinski definition) is 3. The first-order valence-corrected chi connectivity index (χ1v) is 4.47. The van der Waals surface area contributed by atoms with Crippen molar-refractivity contribution in [3.8, 4) is 0 Å². The Balaban J connectivity index is 2.43. The molecule has 0 saturated heterocycles. The lowest BCUT2D eigenvalue weighted by atomic mass is 9.94. The van der Waals surface area contributed by atoms with Crippen LogP contribution >= 0.6 is 0 Å². The molecular weight excluding hydrogens is 164 g/mol. The maximum absolute atomic E-state index is 5.61. The molecule has 0 spiro atoms. The van der Waals surface area contributed by atoms with Gasteiger partial charge in [-0.3, -0.25) is 4.68 Å². The highest BCUT2D eigenvalue weighted by molar-refractivity contribution is 5.32. The van der Waals surface area contributed by atoms with Gasteiger partial charge >= 0.3 is 0 Å². The number of aromatic nitrogens is 2. The third-order valence-electron chi connectivity index (χ3n) is 2.01. The standard InChI is InChI=1S/C9H18N4/c1-9(2,6-10)7-11-8-4-5-13(3)12-8/h4-5H,6-7,10H2,1-3H3,(H,11,12). The molecule has 1 aromatic heterocycles. The van der Waals surface area contributed by atoms with Crippen molar-refractivity contribution in [2.45, 2.75) is 13.8 Å². The first-order valence-electron chi connectivity index (χ1n) is 4.47. The second-order valence-electron chi connectivity index (χ2n) is 4.10. The van der Waals surface area contributed by atoms with Crippen LogP contribution in [0.5, 0.6) is 0 Å². The van der Waals surface area contributed by atoms with E-state index in [4.69, 9.17) is 5.73 Å². The summed E-state index contributed by atoms with van der Waals surface area (Å²) in [7, 11) is 1.90. The van der Waals surface area contributed by atoms with Crippen LogP contribution < -0.4 is 11.1 Å². The van der Waals surface area contributed by atoms with Crippen LogP contribution in [0.15, 0.2) is 12.3 Å². The van der Waals surface area contributed by atoms with Crippen molar-refractivity contribution in [3.05, 3.63) is 12.3 Å². The molecule has 1 heterocycles. The Hall–Kier alpha value is -1.03. The van der Waals surface area contributed by atoms with E-state index in [9.17, 15) is 0 Å². The largest absolute Gasteiger partial charge is 0.368 e. The molecule has 0 fully saturated rings. The Bertz CT molecular complexity index is 264. The summed E-state index contributed by atoms with van der Waals surface area (Å²) in [6.45, 7) is 5.78. The van der Waals surface area contributed by atoms with E-state index >= 15 is 0 Å². The van der Waals surface area contributed by atoms with Crippen molar-refractivity contribution < 1.29 is 0 Å². The lowest BCUT2D eigenvalue weighted by Crippen LogP contribution is -2.31. The molecule has 4 nitrogen and oxygen atoms in total.